The molecule has 3 aliphatic rings. The number of aliphatic hydroxyl groups is 1. The van der Waals surface area contributed by atoms with Gasteiger partial charge in [-0.15, -0.1) is 13.2 Å². The summed E-state index contributed by atoms with van der Waals surface area (Å²) in [6, 6.07) is 8.18. The number of hydrogen-bond acceptors (Lipinski definition) is 5. The van der Waals surface area contributed by atoms with Gasteiger partial charge in [0.2, 0.25) is 17.7 Å². The number of likely N-dealkylation sites (tertiary alicyclic amines) is 1. The van der Waals surface area contributed by atoms with Crippen molar-refractivity contribution in [3.63, 3.8) is 0 Å². The number of ether oxygens (including phenoxy) is 1. The number of amides is 3. The van der Waals surface area contributed by atoms with Gasteiger partial charge in [0.25, 0.3) is 0 Å². The molecule has 1 spiro atoms. The Morgan fingerprint density at radius 1 is 1.15 bits per heavy atom. The summed E-state index contributed by atoms with van der Waals surface area (Å²) in [5.74, 6) is -2.03. The highest BCUT2D eigenvalue weighted by Crippen LogP contribution is 2.64. The Kier molecular flexibility index (Phi) is 8.38. The van der Waals surface area contributed by atoms with Gasteiger partial charge in [-0.25, -0.2) is 0 Å². The average Bonchev–Trinajstić information content (AvgIpc) is 3.47. The van der Waals surface area contributed by atoms with Crippen LogP contribution in [0.5, 0.6) is 0 Å². The van der Waals surface area contributed by atoms with Crippen molar-refractivity contribution in [2.24, 2.45) is 17.8 Å². The summed E-state index contributed by atoms with van der Waals surface area (Å²) in [5.41, 5.74) is -1.03. The highest BCUT2D eigenvalue weighted by molar-refractivity contribution is 5.99. The summed E-state index contributed by atoms with van der Waals surface area (Å²) in [5, 5.41) is 10.5. The van der Waals surface area contributed by atoms with Crippen LogP contribution in [0, 0.1) is 17.8 Å². The van der Waals surface area contributed by atoms with Crippen LogP contribution in [-0.2, 0) is 25.7 Å². The van der Waals surface area contributed by atoms with Gasteiger partial charge in [-0.05, 0) is 37.7 Å². The van der Waals surface area contributed by atoms with E-state index in [1.54, 1.807) is 33.9 Å². The van der Waals surface area contributed by atoms with Gasteiger partial charge in [-0.3, -0.25) is 14.4 Å². The number of benzene rings is 1. The van der Waals surface area contributed by atoms with E-state index >= 15 is 0 Å². The molecule has 4 rings (SSSR count). The van der Waals surface area contributed by atoms with Crippen LogP contribution in [0.25, 0.3) is 0 Å². The number of carbonyl (C=O) groups excluding carboxylic acids is 3. The molecule has 8 nitrogen and oxygen atoms in total. The van der Waals surface area contributed by atoms with Crippen molar-refractivity contribution in [2.45, 2.75) is 69.9 Å². The number of aliphatic hydroxyl groups excluding tert-OH is 1. The Morgan fingerprint density at radius 3 is 2.41 bits per heavy atom. The minimum absolute atomic E-state index is 0.179. The fourth-order valence-electron chi connectivity index (χ4n) is 7.12. The van der Waals surface area contributed by atoms with E-state index in [0.29, 0.717) is 38.9 Å². The molecular formula is C31H43N3O5. The molecule has 0 aromatic heterocycles. The number of rotatable bonds is 12. The Balaban J connectivity index is 1.81. The van der Waals surface area contributed by atoms with Crippen LogP contribution in [0.4, 0.5) is 0 Å². The normalized spacial score (nSPS) is 29.8. The molecule has 39 heavy (non-hydrogen) atoms. The van der Waals surface area contributed by atoms with E-state index in [9.17, 15) is 19.5 Å². The van der Waals surface area contributed by atoms with Crippen molar-refractivity contribution >= 4 is 17.7 Å². The summed E-state index contributed by atoms with van der Waals surface area (Å²) in [6.07, 6.45) is 4.93. The Hall–Kier alpha value is -2.97. The molecule has 2 bridgehead atoms. The third-order valence-electron chi connectivity index (χ3n) is 8.72. The summed E-state index contributed by atoms with van der Waals surface area (Å²) >= 11 is 0. The first-order valence-electron chi connectivity index (χ1n) is 14.0. The summed E-state index contributed by atoms with van der Waals surface area (Å²) in [7, 11) is 1.70. The third-order valence-corrected chi connectivity index (χ3v) is 8.72. The molecule has 3 heterocycles. The van der Waals surface area contributed by atoms with Crippen molar-refractivity contribution in [1.29, 1.82) is 0 Å². The predicted molar refractivity (Wildman–Crippen MR) is 149 cm³/mol. The van der Waals surface area contributed by atoms with E-state index < -0.39 is 35.1 Å². The fourth-order valence-corrected chi connectivity index (χ4v) is 7.12. The number of fused-ring (bicyclic) bond motifs is 1. The van der Waals surface area contributed by atoms with E-state index in [0.717, 1.165) is 5.56 Å². The molecule has 8 heteroatoms. The zero-order chi connectivity index (χ0) is 28.5. The van der Waals surface area contributed by atoms with Crippen molar-refractivity contribution in [3.8, 4) is 0 Å². The molecule has 1 aromatic carbocycles. The van der Waals surface area contributed by atoms with Crippen LogP contribution in [0.1, 0.15) is 45.6 Å². The summed E-state index contributed by atoms with van der Waals surface area (Å²) in [6.45, 7) is 14.3. The van der Waals surface area contributed by atoms with Gasteiger partial charge in [-0.2, -0.15) is 0 Å². The van der Waals surface area contributed by atoms with Crippen LogP contribution in [0.15, 0.2) is 55.6 Å². The van der Waals surface area contributed by atoms with Crippen LogP contribution in [0.3, 0.4) is 0 Å². The van der Waals surface area contributed by atoms with Crippen LogP contribution in [-0.4, -0.2) is 87.6 Å². The van der Waals surface area contributed by atoms with Crippen molar-refractivity contribution in [2.75, 3.05) is 26.7 Å². The highest BCUT2D eigenvalue weighted by atomic mass is 16.5. The van der Waals surface area contributed by atoms with E-state index in [1.807, 2.05) is 51.1 Å². The molecule has 3 amide bonds. The maximum atomic E-state index is 14.6. The van der Waals surface area contributed by atoms with Gasteiger partial charge in [0.05, 0.1) is 30.1 Å². The lowest BCUT2D eigenvalue weighted by Crippen LogP contribution is -2.58. The quantitative estimate of drug-likeness (QED) is 0.414. The Morgan fingerprint density at radius 2 is 1.82 bits per heavy atom. The summed E-state index contributed by atoms with van der Waals surface area (Å²) in [4.78, 5) is 47.6. The molecule has 3 fully saturated rings. The molecule has 6 atom stereocenters. The van der Waals surface area contributed by atoms with Gasteiger partial charge in [0.1, 0.15) is 11.6 Å². The zero-order valence-electron chi connectivity index (χ0n) is 23.7. The Bertz CT molecular complexity index is 1110. The highest BCUT2D eigenvalue weighted by Gasteiger charge is 2.78. The maximum Gasteiger partial charge on any atom is 0.249 e. The molecule has 1 N–H and O–H groups in total. The van der Waals surface area contributed by atoms with Gasteiger partial charge in [0, 0.05) is 26.7 Å². The van der Waals surface area contributed by atoms with Crippen molar-refractivity contribution in [3.05, 3.63) is 61.2 Å². The number of likely N-dealkylation sites (N-methyl/N-ethyl adjacent to an activating group) is 1. The molecular weight excluding hydrogens is 494 g/mol. The lowest BCUT2D eigenvalue weighted by atomic mass is 9.66. The predicted octanol–water partition coefficient (Wildman–Crippen LogP) is 3.02. The largest absolute Gasteiger partial charge is 0.394 e. The fraction of sp³-hybridized carbons (Fsp3) is 0.581. The monoisotopic (exact) mass is 537 g/mol. The minimum Gasteiger partial charge on any atom is -0.394 e. The molecule has 0 aliphatic carbocycles. The van der Waals surface area contributed by atoms with Gasteiger partial charge in [0.15, 0.2) is 0 Å². The first-order chi connectivity index (χ1) is 18.5. The van der Waals surface area contributed by atoms with E-state index in [2.05, 4.69) is 13.2 Å². The number of carbonyl (C=O) groups is 3. The number of nitrogens with zero attached hydrogens (tertiary/aromatic N) is 3. The molecule has 2 unspecified atom stereocenters. The van der Waals surface area contributed by atoms with Crippen LogP contribution >= 0.6 is 0 Å². The first-order valence-corrected chi connectivity index (χ1v) is 14.0. The van der Waals surface area contributed by atoms with Gasteiger partial charge in [-0.1, -0.05) is 56.3 Å². The maximum absolute atomic E-state index is 14.6. The average molecular weight is 538 g/mol. The second-order valence-corrected chi connectivity index (χ2v) is 11.9. The van der Waals surface area contributed by atoms with E-state index in [4.69, 9.17) is 4.74 Å². The smallest absolute Gasteiger partial charge is 0.249 e. The first kappa shape index (κ1) is 29.0. The van der Waals surface area contributed by atoms with E-state index in [-0.39, 0.29) is 30.2 Å². The topological polar surface area (TPSA) is 90.4 Å². The molecule has 1 aromatic rings. The lowest BCUT2D eigenvalue weighted by molar-refractivity contribution is -0.156. The van der Waals surface area contributed by atoms with Crippen molar-refractivity contribution < 1.29 is 24.2 Å². The summed E-state index contributed by atoms with van der Waals surface area (Å²) < 4.78 is 6.76. The van der Waals surface area contributed by atoms with Crippen LogP contribution < -0.4 is 0 Å². The van der Waals surface area contributed by atoms with Crippen LogP contribution in [0.2, 0.25) is 0 Å². The molecule has 0 radical (unpaired) electrons. The molecule has 3 aliphatic heterocycles. The molecule has 212 valence electrons. The second-order valence-electron chi connectivity index (χ2n) is 11.9. The molecule has 0 saturated carbocycles. The van der Waals surface area contributed by atoms with Crippen molar-refractivity contribution in [1.82, 2.24) is 14.7 Å². The number of hydrogen-bond donors (Lipinski definition) is 1. The van der Waals surface area contributed by atoms with Gasteiger partial charge >= 0.3 is 0 Å². The van der Waals surface area contributed by atoms with E-state index in [1.165, 1.54) is 0 Å². The Labute approximate surface area is 232 Å². The lowest BCUT2D eigenvalue weighted by Gasteiger charge is -2.40. The zero-order valence-corrected chi connectivity index (χ0v) is 23.7. The van der Waals surface area contributed by atoms with Gasteiger partial charge < -0.3 is 24.5 Å². The SMILES string of the molecule is C=CCN(C)C(=O)[C@H]1[C@H]2C(=O)N([C@@H](CO)CC(C)C)C(C(=O)N(CC=C)Cc3ccccc3)C23CC[C@]1(C)O3. The third kappa shape index (κ3) is 4.93. The minimum atomic E-state index is -1.14. The standard InChI is InChI=1S/C31H43N3O5/c1-7-16-32(6)27(36)24-25-28(37)34(23(20-35)18-21(3)4)26(31(25)15-14-30(24,5)39-31)29(38)33(17-8-2)19-22-12-10-9-11-13-22/h7-13,21,23-26,35H,1-2,14-20H2,3-6H3/t23-,24-,25+,26?,30+,31?/m1/s1. The molecule has 3 saturated heterocycles. The second kappa shape index (κ2) is 11.3.